The van der Waals surface area contributed by atoms with Gasteiger partial charge in [-0.15, -0.1) is 5.10 Å². The molecule has 27 heavy (non-hydrogen) atoms. The molecule has 9 nitrogen and oxygen atoms in total. The Kier molecular flexibility index (Phi) is 4.25. The van der Waals surface area contributed by atoms with Crippen molar-refractivity contribution in [2.45, 2.75) is 13.0 Å². The van der Waals surface area contributed by atoms with Gasteiger partial charge >= 0.3 is 0 Å². The summed E-state index contributed by atoms with van der Waals surface area (Å²) in [5, 5.41) is 13.8. The van der Waals surface area contributed by atoms with E-state index in [0.29, 0.717) is 17.1 Å². The third-order valence-electron chi connectivity index (χ3n) is 4.19. The SMILES string of the molecule is CC(=O)N1C[C@H](C(=O)Nc2ccc(-n3cnnn3)cc2)Oc2ccccc21. The standard InChI is InChI=1S/C18H16N6O3/c1-12(25)23-10-17(27-16-5-3-2-4-15(16)23)18(26)20-13-6-8-14(9-7-13)24-11-19-21-22-24/h2-9,11,17H,10H2,1H3,(H,20,26)/t17-/m1/s1. The highest BCUT2D eigenvalue weighted by molar-refractivity contribution is 5.99. The van der Waals surface area contributed by atoms with E-state index in [0.717, 1.165) is 5.69 Å². The van der Waals surface area contributed by atoms with Crippen molar-refractivity contribution < 1.29 is 14.3 Å². The molecule has 0 fully saturated rings. The van der Waals surface area contributed by atoms with Crippen LogP contribution in [0.25, 0.3) is 5.69 Å². The Bertz CT molecular complexity index is 971. The lowest BCUT2D eigenvalue weighted by Gasteiger charge is -2.33. The van der Waals surface area contributed by atoms with Crippen molar-refractivity contribution in [3.8, 4) is 11.4 Å². The molecule has 0 unspecified atom stereocenters. The van der Waals surface area contributed by atoms with Crippen molar-refractivity contribution in [3.05, 3.63) is 54.9 Å². The number of aromatic nitrogens is 4. The number of anilines is 2. The van der Waals surface area contributed by atoms with Crippen LogP contribution in [0.2, 0.25) is 0 Å². The van der Waals surface area contributed by atoms with Crippen LogP contribution in [0.4, 0.5) is 11.4 Å². The van der Waals surface area contributed by atoms with Crippen LogP contribution < -0.4 is 15.0 Å². The van der Waals surface area contributed by atoms with Crippen LogP contribution in [-0.2, 0) is 9.59 Å². The summed E-state index contributed by atoms with van der Waals surface area (Å²) in [6, 6.07) is 14.2. The highest BCUT2D eigenvalue weighted by Gasteiger charge is 2.32. The van der Waals surface area contributed by atoms with Crippen LogP contribution in [0.3, 0.4) is 0 Å². The molecule has 1 N–H and O–H groups in total. The third-order valence-corrected chi connectivity index (χ3v) is 4.19. The van der Waals surface area contributed by atoms with E-state index < -0.39 is 6.10 Å². The summed E-state index contributed by atoms with van der Waals surface area (Å²) in [5.41, 5.74) is 2.04. The van der Waals surface area contributed by atoms with Crippen molar-refractivity contribution in [2.75, 3.05) is 16.8 Å². The fourth-order valence-electron chi connectivity index (χ4n) is 2.87. The monoisotopic (exact) mass is 364 g/mol. The van der Waals surface area contributed by atoms with E-state index in [1.54, 1.807) is 47.4 Å². The summed E-state index contributed by atoms with van der Waals surface area (Å²) in [4.78, 5) is 26.2. The lowest BCUT2D eigenvalue weighted by atomic mass is 10.1. The number of fused-ring (bicyclic) bond motifs is 1. The smallest absolute Gasteiger partial charge is 0.267 e. The largest absolute Gasteiger partial charge is 0.476 e. The second-order valence-corrected chi connectivity index (χ2v) is 5.99. The fraction of sp³-hybridized carbons (Fsp3) is 0.167. The van der Waals surface area contributed by atoms with Gasteiger partial charge in [-0.25, -0.2) is 4.68 Å². The van der Waals surface area contributed by atoms with Gasteiger partial charge in [-0.3, -0.25) is 9.59 Å². The van der Waals surface area contributed by atoms with Gasteiger partial charge in [-0.2, -0.15) is 0 Å². The number of tetrazole rings is 1. The van der Waals surface area contributed by atoms with Crippen LogP contribution in [0, 0.1) is 0 Å². The molecule has 4 rings (SSSR count). The summed E-state index contributed by atoms with van der Waals surface area (Å²) >= 11 is 0. The number of ether oxygens (including phenoxy) is 1. The number of nitrogens with one attached hydrogen (secondary N) is 1. The fourth-order valence-corrected chi connectivity index (χ4v) is 2.87. The molecule has 0 saturated carbocycles. The van der Waals surface area contributed by atoms with Gasteiger partial charge in [-0.05, 0) is 46.8 Å². The summed E-state index contributed by atoms with van der Waals surface area (Å²) in [6.07, 6.45) is 0.681. The number of nitrogens with zero attached hydrogens (tertiary/aromatic N) is 5. The maximum absolute atomic E-state index is 12.6. The van der Waals surface area contributed by atoms with E-state index in [9.17, 15) is 9.59 Å². The maximum atomic E-state index is 12.6. The zero-order chi connectivity index (χ0) is 18.8. The molecule has 2 heterocycles. The molecule has 1 aliphatic rings. The summed E-state index contributed by atoms with van der Waals surface area (Å²) < 4.78 is 7.30. The molecular weight excluding hydrogens is 348 g/mol. The van der Waals surface area contributed by atoms with Crippen LogP contribution in [0.5, 0.6) is 5.75 Å². The Balaban J connectivity index is 1.49. The first-order valence-electron chi connectivity index (χ1n) is 8.30. The zero-order valence-electron chi connectivity index (χ0n) is 14.4. The molecular formula is C18H16N6O3. The lowest BCUT2D eigenvalue weighted by molar-refractivity contribution is -0.123. The molecule has 3 aromatic rings. The molecule has 1 aromatic heterocycles. The number of amides is 2. The van der Waals surface area contributed by atoms with E-state index in [2.05, 4.69) is 20.8 Å². The third kappa shape index (κ3) is 3.34. The number of carbonyl (C=O) groups excluding carboxylic acids is 2. The van der Waals surface area contributed by atoms with E-state index in [1.807, 2.05) is 6.07 Å². The van der Waals surface area contributed by atoms with Gasteiger partial charge in [0.25, 0.3) is 5.91 Å². The molecule has 0 bridgehead atoms. The van der Waals surface area contributed by atoms with Crippen LogP contribution in [-0.4, -0.2) is 44.7 Å². The van der Waals surface area contributed by atoms with Crippen molar-refractivity contribution in [1.82, 2.24) is 20.2 Å². The number of hydrogen-bond acceptors (Lipinski definition) is 6. The molecule has 2 aromatic carbocycles. The number of carbonyl (C=O) groups is 2. The number of para-hydroxylation sites is 2. The Morgan fingerprint density at radius 2 is 1.93 bits per heavy atom. The van der Waals surface area contributed by atoms with Crippen molar-refractivity contribution in [3.63, 3.8) is 0 Å². The summed E-state index contributed by atoms with van der Waals surface area (Å²) in [5.74, 6) is 0.0356. The van der Waals surface area contributed by atoms with E-state index in [-0.39, 0.29) is 18.4 Å². The summed E-state index contributed by atoms with van der Waals surface area (Å²) in [7, 11) is 0. The van der Waals surface area contributed by atoms with Gasteiger partial charge in [0.2, 0.25) is 5.91 Å². The van der Waals surface area contributed by atoms with Crippen LogP contribution >= 0.6 is 0 Å². The molecule has 2 amide bonds. The van der Waals surface area contributed by atoms with Gasteiger partial charge in [0.15, 0.2) is 6.10 Å². The topological polar surface area (TPSA) is 102 Å². The minimum atomic E-state index is -0.803. The molecule has 0 saturated heterocycles. The van der Waals surface area contributed by atoms with Gasteiger partial charge in [0, 0.05) is 12.6 Å². The highest BCUT2D eigenvalue weighted by atomic mass is 16.5. The van der Waals surface area contributed by atoms with Crippen LogP contribution in [0.1, 0.15) is 6.92 Å². The maximum Gasteiger partial charge on any atom is 0.267 e. The molecule has 0 radical (unpaired) electrons. The Hall–Kier alpha value is -3.75. The van der Waals surface area contributed by atoms with Gasteiger partial charge in [0.05, 0.1) is 17.9 Å². The highest BCUT2D eigenvalue weighted by Crippen LogP contribution is 2.33. The second kappa shape index (κ2) is 6.87. The molecule has 1 aliphatic heterocycles. The van der Waals surface area contributed by atoms with Gasteiger partial charge < -0.3 is 15.0 Å². The number of hydrogen-bond donors (Lipinski definition) is 1. The predicted molar refractivity (Wildman–Crippen MR) is 96.7 cm³/mol. The first-order chi connectivity index (χ1) is 13.1. The second-order valence-electron chi connectivity index (χ2n) is 5.99. The minimum absolute atomic E-state index is 0.144. The first kappa shape index (κ1) is 16.7. The van der Waals surface area contributed by atoms with E-state index in [1.165, 1.54) is 17.9 Å². The molecule has 0 spiro atoms. The zero-order valence-corrected chi connectivity index (χ0v) is 14.4. The van der Waals surface area contributed by atoms with Gasteiger partial charge in [-0.1, -0.05) is 12.1 Å². The van der Waals surface area contributed by atoms with E-state index in [4.69, 9.17) is 4.74 Å². The van der Waals surface area contributed by atoms with Crippen molar-refractivity contribution in [2.24, 2.45) is 0 Å². The summed E-state index contributed by atoms with van der Waals surface area (Å²) in [6.45, 7) is 1.62. The normalized spacial score (nSPS) is 15.6. The quantitative estimate of drug-likeness (QED) is 0.754. The van der Waals surface area contributed by atoms with Crippen molar-refractivity contribution >= 4 is 23.2 Å². The Labute approximate surface area is 154 Å². The van der Waals surface area contributed by atoms with Crippen molar-refractivity contribution in [1.29, 1.82) is 0 Å². The van der Waals surface area contributed by atoms with Crippen LogP contribution in [0.15, 0.2) is 54.9 Å². The van der Waals surface area contributed by atoms with Gasteiger partial charge in [0.1, 0.15) is 12.1 Å². The predicted octanol–water partition coefficient (Wildman–Crippen LogP) is 1.41. The minimum Gasteiger partial charge on any atom is -0.476 e. The average Bonchev–Trinajstić information content (AvgIpc) is 3.22. The Morgan fingerprint density at radius 3 is 2.63 bits per heavy atom. The Morgan fingerprint density at radius 1 is 1.15 bits per heavy atom. The first-order valence-corrected chi connectivity index (χ1v) is 8.30. The molecule has 1 atom stereocenters. The lowest BCUT2D eigenvalue weighted by Crippen LogP contribution is -2.48. The number of benzene rings is 2. The molecule has 136 valence electrons. The molecule has 9 heteroatoms. The molecule has 0 aliphatic carbocycles. The van der Waals surface area contributed by atoms with E-state index >= 15 is 0 Å². The number of rotatable bonds is 3. The average molecular weight is 364 g/mol.